The predicted molar refractivity (Wildman–Crippen MR) is 103 cm³/mol. The number of aryl methyl sites for hydroxylation is 2. The highest BCUT2D eigenvalue weighted by Crippen LogP contribution is 2.25. The van der Waals surface area contributed by atoms with Gasteiger partial charge in [0.2, 0.25) is 5.78 Å². The van der Waals surface area contributed by atoms with Gasteiger partial charge in [-0.25, -0.2) is 9.59 Å². The highest BCUT2D eigenvalue weighted by molar-refractivity contribution is 6.32. The Balaban J connectivity index is 1.95. The van der Waals surface area contributed by atoms with Gasteiger partial charge in [0, 0.05) is 5.69 Å². The molecule has 0 spiro atoms. The van der Waals surface area contributed by atoms with Crippen molar-refractivity contribution < 1.29 is 28.6 Å². The van der Waals surface area contributed by atoms with Crippen molar-refractivity contribution in [2.24, 2.45) is 0 Å². The van der Waals surface area contributed by atoms with Crippen LogP contribution in [0.1, 0.15) is 44.6 Å². The average Bonchev–Trinajstić information content (AvgIpc) is 2.95. The van der Waals surface area contributed by atoms with Crippen LogP contribution in [0.3, 0.4) is 0 Å². The quantitative estimate of drug-likeness (QED) is 0.531. The van der Waals surface area contributed by atoms with E-state index in [0.29, 0.717) is 27.6 Å². The molecule has 0 aliphatic rings. The lowest BCUT2D eigenvalue weighted by atomic mass is 10.1. The maximum atomic E-state index is 12.4. The van der Waals surface area contributed by atoms with Gasteiger partial charge in [0.1, 0.15) is 5.75 Å². The Kier molecular flexibility index (Phi) is 7.23. The van der Waals surface area contributed by atoms with Gasteiger partial charge in [-0.3, -0.25) is 4.79 Å². The summed E-state index contributed by atoms with van der Waals surface area (Å²) in [6.45, 7) is 6.24. The minimum Gasteiger partial charge on any atom is -0.480 e. The zero-order chi connectivity index (χ0) is 20.8. The lowest BCUT2D eigenvalue weighted by molar-refractivity contribution is -0.144. The molecule has 7 nitrogen and oxygen atoms in total. The molecule has 1 N–H and O–H groups in total. The summed E-state index contributed by atoms with van der Waals surface area (Å²) in [5, 5.41) is 0.374. The van der Waals surface area contributed by atoms with Crippen LogP contribution in [0.4, 0.5) is 0 Å². The van der Waals surface area contributed by atoms with E-state index in [1.807, 2.05) is 13.0 Å². The summed E-state index contributed by atoms with van der Waals surface area (Å²) in [6.07, 6.45) is 0. The van der Waals surface area contributed by atoms with Gasteiger partial charge in [-0.05, 0) is 51.0 Å². The molecule has 0 aliphatic carbocycles. The molecule has 0 bridgehead atoms. The van der Waals surface area contributed by atoms with Crippen LogP contribution in [0, 0.1) is 20.8 Å². The zero-order valence-electron chi connectivity index (χ0n) is 16.2. The number of hydrogen-bond donors (Lipinski definition) is 1. The molecule has 1 aromatic carbocycles. The second-order valence-corrected chi connectivity index (χ2v) is 6.56. The lowest BCUT2D eigenvalue weighted by Crippen LogP contribution is -2.20. The molecule has 0 saturated carbocycles. The number of H-pyrrole nitrogens is 1. The molecule has 0 aliphatic heterocycles. The Morgan fingerprint density at radius 1 is 1.07 bits per heavy atom. The number of nitrogens with one attached hydrogen (secondary N) is 1. The molecular formula is C20H22ClNO6. The van der Waals surface area contributed by atoms with Crippen LogP contribution in [0.5, 0.6) is 5.75 Å². The SMILES string of the molecule is CCOC(=O)c1c(C)[nH]c(C(=O)COC(=O)COc2cc(C)ccc2Cl)c1C. The van der Waals surface area contributed by atoms with E-state index in [0.717, 1.165) is 5.56 Å². The van der Waals surface area contributed by atoms with E-state index < -0.39 is 24.3 Å². The number of aromatic amines is 1. The fourth-order valence-corrected chi connectivity index (χ4v) is 2.83. The third-order valence-electron chi connectivity index (χ3n) is 3.99. The largest absolute Gasteiger partial charge is 0.480 e. The smallest absolute Gasteiger partial charge is 0.344 e. The maximum Gasteiger partial charge on any atom is 0.344 e. The normalized spacial score (nSPS) is 10.5. The number of ether oxygens (including phenoxy) is 3. The van der Waals surface area contributed by atoms with Gasteiger partial charge >= 0.3 is 11.9 Å². The second kappa shape index (κ2) is 9.41. The Labute approximate surface area is 167 Å². The van der Waals surface area contributed by atoms with Crippen LogP contribution < -0.4 is 4.74 Å². The third kappa shape index (κ3) is 5.13. The van der Waals surface area contributed by atoms with E-state index in [-0.39, 0.29) is 18.9 Å². The van der Waals surface area contributed by atoms with Crippen LogP contribution in [-0.4, -0.2) is 42.5 Å². The lowest BCUT2D eigenvalue weighted by Gasteiger charge is -2.09. The number of Topliss-reactive ketones (excluding diaryl/α,β-unsaturated/α-hetero) is 1. The fourth-order valence-electron chi connectivity index (χ4n) is 2.66. The monoisotopic (exact) mass is 407 g/mol. The van der Waals surface area contributed by atoms with Gasteiger partial charge < -0.3 is 19.2 Å². The molecule has 150 valence electrons. The summed E-state index contributed by atoms with van der Waals surface area (Å²) in [4.78, 5) is 39.1. The second-order valence-electron chi connectivity index (χ2n) is 6.15. The van der Waals surface area contributed by atoms with Gasteiger partial charge in [-0.1, -0.05) is 17.7 Å². The summed E-state index contributed by atoms with van der Waals surface area (Å²) in [5.41, 5.74) is 2.42. The van der Waals surface area contributed by atoms with Crippen molar-refractivity contribution in [3.8, 4) is 5.75 Å². The van der Waals surface area contributed by atoms with Crippen molar-refractivity contribution in [1.29, 1.82) is 0 Å². The van der Waals surface area contributed by atoms with Crippen molar-refractivity contribution in [2.45, 2.75) is 27.7 Å². The number of rotatable bonds is 8. The van der Waals surface area contributed by atoms with Crippen molar-refractivity contribution in [3.63, 3.8) is 0 Å². The van der Waals surface area contributed by atoms with E-state index in [1.165, 1.54) is 0 Å². The highest BCUT2D eigenvalue weighted by Gasteiger charge is 2.23. The predicted octanol–water partition coefficient (Wildman–Crippen LogP) is 3.57. The third-order valence-corrected chi connectivity index (χ3v) is 4.30. The topological polar surface area (TPSA) is 94.7 Å². The molecule has 1 aromatic heterocycles. The van der Waals surface area contributed by atoms with E-state index in [4.69, 9.17) is 25.8 Å². The molecule has 8 heteroatoms. The zero-order valence-corrected chi connectivity index (χ0v) is 16.9. The van der Waals surface area contributed by atoms with Crippen molar-refractivity contribution in [3.05, 3.63) is 51.3 Å². The Hall–Kier alpha value is -2.80. The van der Waals surface area contributed by atoms with E-state index in [9.17, 15) is 14.4 Å². The number of carbonyl (C=O) groups is 3. The van der Waals surface area contributed by atoms with E-state index in [1.54, 1.807) is 32.9 Å². The van der Waals surface area contributed by atoms with E-state index >= 15 is 0 Å². The average molecular weight is 408 g/mol. The maximum absolute atomic E-state index is 12.4. The Morgan fingerprint density at radius 2 is 1.79 bits per heavy atom. The number of aromatic nitrogens is 1. The molecule has 0 fully saturated rings. The number of carbonyl (C=O) groups excluding carboxylic acids is 3. The summed E-state index contributed by atoms with van der Waals surface area (Å²) in [6, 6.07) is 5.18. The summed E-state index contributed by atoms with van der Waals surface area (Å²) >= 11 is 6.00. The molecular weight excluding hydrogens is 386 g/mol. The van der Waals surface area contributed by atoms with Crippen molar-refractivity contribution in [2.75, 3.05) is 19.8 Å². The van der Waals surface area contributed by atoms with Crippen molar-refractivity contribution in [1.82, 2.24) is 4.98 Å². The van der Waals surface area contributed by atoms with Crippen molar-refractivity contribution >= 4 is 29.3 Å². The molecule has 1 heterocycles. The first-order chi connectivity index (χ1) is 13.2. The van der Waals surface area contributed by atoms with Crippen LogP contribution in [0.15, 0.2) is 18.2 Å². The molecule has 0 amide bonds. The minimum atomic E-state index is -0.711. The number of halogens is 1. The number of ketones is 1. The van der Waals surface area contributed by atoms with Crippen LogP contribution in [0.25, 0.3) is 0 Å². The molecule has 28 heavy (non-hydrogen) atoms. The van der Waals surface area contributed by atoms with Gasteiger partial charge in [0.05, 0.1) is 22.9 Å². The first-order valence-corrected chi connectivity index (χ1v) is 9.06. The number of benzene rings is 1. The van der Waals surface area contributed by atoms with Gasteiger partial charge in [0.25, 0.3) is 0 Å². The number of esters is 2. The molecule has 0 atom stereocenters. The molecule has 2 aromatic rings. The molecule has 0 radical (unpaired) electrons. The molecule has 2 rings (SSSR count). The summed E-state index contributed by atoms with van der Waals surface area (Å²) in [5.74, 6) is -1.32. The number of hydrogen-bond acceptors (Lipinski definition) is 6. The molecule has 0 saturated heterocycles. The van der Waals surface area contributed by atoms with Gasteiger partial charge in [0.15, 0.2) is 13.2 Å². The summed E-state index contributed by atoms with van der Waals surface area (Å²) < 4.78 is 15.3. The van der Waals surface area contributed by atoms with Gasteiger partial charge in [-0.2, -0.15) is 0 Å². The molecule has 0 unspecified atom stereocenters. The van der Waals surface area contributed by atoms with Crippen LogP contribution in [0.2, 0.25) is 5.02 Å². The van der Waals surface area contributed by atoms with E-state index in [2.05, 4.69) is 4.98 Å². The first kappa shape index (κ1) is 21.5. The van der Waals surface area contributed by atoms with Crippen LogP contribution >= 0.6 is 11.6 Å². The fraction of sp³-hybridized carbons (Fsp3) is 0.350. The standard InChI is InChI=1S/C20H22ClNO6/c1-5-26-20(25)18-12(3)19(22-13(18)4)15(23)9-28-17(24)10-27-16-8-11(2)6-7-14(16)21/h6-8,22H,5,9-10H2,1-4H3. The Morgan fingerprint density at radius 3 is 2.46 bits per heavy atom. The minimum absolute atomic E-state index is 0.205. The summed E-state index contributed by atoms with van der Waals surface area (Å²) in [7, 11) is 0. The van der Waals surface area contributed by atoms with Crippen LogP contribution in [-0.2, 0) is 14.3 Å². The van der Waals surface area contributed by atoms with Gasteiger partial charge in [-0.15, -0.1) is 0 Å². The first-order valence-electron chi connectivity index (χ1n) is 8.68. The Bertz CT molecular complexity index is 902. The highest BCUT2D eigenvalue weighted by atomic mass is 35.5.